The van der Waals surface area contributed by atoms with Crippen molar-refractivity contribution in [1.29, 1.82) is 0 Å². The van der Waals surface area contributed by atoms with Crippen molar-refractivity contribution in [2.45, 2.75) is 39.8 Å². The monoisotopic (exact) mass is 460 g/mol. The second kappa shape index (κ2) is 11.4. The number of aryl methyl sites for hydroxylation is 2. The van der Waals surface area contributed by atoms with Crippen LogP contribution in [-0.4, -0.2) is 65.9 Å². The topological polar surface area (TPSA) is 59.8 Å². The molecule has 32 heavy (non-hydrogen) atoms. The van der Waals surface area contributed by atoms with Crippen molar-refractivity contribution in [3.8, 4) is 11.5 Å². The molecule has 0 atom stereocenters. The van der Waals surface area contributed by atoms with Gasteiger partial charge in [-0.15, -0.1) is 0 Å². The average Bonchev–Trinajstić information content (AvgIpc) is 3.08. The van der Waals surface area contributed by atoms with Crippen LogP contribution in [0.2, 0.25) is 5.15 Å². The van der Waals surface area contributed by atoms with Gasteiger partial charge in [0, 0.05) is 56.5 Å². The zero-order valence-electron chi connectivity index (χ0n) is 19.4. The number of unbranched alkanes of at least 4 members (excludes halogenated alkanes) is 1. The van der Waals surface area contributed by atoms with Gasteiger partial charge in [-0.2, -0.15) is 5.10 Å². The Morgan fingerprint density at radius 3 is 2.59 bits per heavy atom. The molecule has 1 saturated heterocycles. The van der Waals surface area contributed by atoms with Gasteiger partial charge in [0.2, 0.25) is 5.91 Å². The van der Waals surface area contributed by atoms with Crippen LogP contribution in [0.3, 0.4) is 0 Å². The summed E-state index contributed by atoms with van der Waals surface area (Å²) in [5.74, 6) is 1.66. The third-order valence-electron chi connectivity index (χ3n) is 5.79. The standard InChI is InChI=1S/C24H33ClN4O3/c1-5-6-11-29-24(25)21(18(2)26-29)8-10-23(30)28-14-12-27(13-15-28)17-19-16-20(31-3)7-9-22(19)32-4/h7-10,16H,5-6,11-15,17H2,1-4H3/b10-8+. The molecule has 174 valence electrons. The molecule has 1 amide bonds. The van der Waals surface area contributed by atoms with Crippen molar-refractivity contribution >= 4 is 23.6 Å². The Balaban J connectivity index is 1.57. The molecule has 0 unspecified atom stereocenters. The van der Waals surface area contributed by atoms with E-state index in [-0.39, 0.29) is 5.91 Å². The number of halogens is 1. The largest absolute Gasteiger partial charge is 0.497 e. The fourth-order valence-electron chi connectivity index (χ4n) is 3.85. The highest BCUT2D eigenvalue weighted by Crippen LogP contribution is 2.26. The molecule has 0 aliphatic carbocycles. The SMILES string of the molecule is CCCCn1nc(C)c(/C=C/C(=O)N2CCN(Cc3cc(OC)ccc3OC)CC2)c1Cl. The van der Waals surface area contributed by atoms with E-state index < -0.39 is 0 Å². The maximum Gasteiger partial charge on any atom is 0.246 e. The lowest BCUT2D eigenvalue weighted by Gasteiger charge is -2.34. The summed E-state index contributed by atoms with van der Waals surface area (Å²) in [5.41, 5.74) is 2.74. The molecule has 0 N–H and O–H groups in total. The van der Waals surface area contributed by atoms with Crippen LogP contribution in [-0.2, 0) is 17.9 Å². The molecular weight excluding hydrogens is 428 g/mol. The van der Waals surface area contributed by atoms with Gasteiger partial charge in [-0.05, 0) is 37.6 Å². The van der Waals surface area contributed by atoms with Gasteiger partial charge in [0.15, 0.2) is 0 Å². The Morgan fingerprint density at radius 1 is 1.19 bits per heavy atom. The molecule has 1 aromatic heterocycles. The Labute approximate surface area is 195 Å². The molecule has 1 fully saturated rings. The van der Waals surface area contributed by atoms with Crippen molar-refractivity contribution in [3.05, 3.63) is 46.2 Å². The van der Waals surface area contributed by atoms with Crippen molar-refractivity contribution in [3.63, 3.8) is 0 Å². The number of hydrogen-bond donors (Lipinski definition) is 0. The summed E-state index contributed by atoms with van der Waals surface area (Å²) in [4.78, 5) is 16.9. The van der Waals surface area contributed by atoms with E-state index in [9.17, 15) is 4.79 Å². The summed E-state index contributed by atoms with van der Waals surface area (Å²) < 4.78 is 12.6. The molecule has 0 saturated carbocycles. The molecule has 3 rings (SSSR count). The van der Waals surface area contributed by atoms with Crippen LogP contribution in [0, 0.1) is 6.92 Å². The van der Waals surface area contributed by atoms with E-state index in [4.69, 9.17) is 21.1 Å². The molecule has 0 radical (unpaired) electrons. The van der Waals surface area contributed by atoms with Gasteiger partial charge < -0.3 is 14.4 Å². The fourth-order valence-corrected chi connectivity index (χ4v) is 4.17. The second-order valence-corrected chi connectivity index (χ2v) is 8.34. The van der Waals surface area contributed by atoms with E-state index in [0.717, 1.165) is 67.3 Å². The second-order valence-electron chi connectivity index (χ2n) is 7.98. The number of piperazine rings is 1. The molecule has 0 spiro atoms. The Bertz CT molecular complexity index is 949. The van der Waals surface area contributed by atoms with E-state index in [0.29, 0.717) is 18.2 Å². The number of rotatable bonds is 9. The number of hydrogen-bond acceptors (Lipinski definition) is 5. The number of amides is 1. The molecule has 1 aliphatic heterocycles. The third kappa shape index (κ3) is 5.84. The predicted octanol–water partition coefficient (Wildman–Crippen LogP) is 4.02. The number of carbonyl (C=O) groups excluding carboxylic acids is 1. The summed E-state index contributed by atoms with van der Waals surface area (Å²) in [5, 5.41) is 5.09. The maximum atomic E-state index is 12.7. The summed E-state index contributed by atoms with van der Waals surface area (Å²) >= 11 is 6.48. The molecule has 2 aromatic rings. The van der Waals surface area contributed by atoms with E-state index >= 15 is 0 Å². The summed E-state index contributed by atoms with van der Waals surface area (Å²) in [6.07, 6.45) is 5.51. The molecule has 1 aliphatic rings. The fraction of sp³-hybridized carbons (Fsp3) is 0.500. The Hall–Kier alpha value is -2.51. The lowest BCUT2D eigenvalue weighted by atomic mass is 10.1. The van der Waals surface area contributed by atoms with Crippen molar-refractivity contribution in [2.24, 2.45) is 0 Å². The molecule has 8 heteroatoms. The highest BCUT2D eigenvalue weighted by molar-refractivity contribution is 6.31. The van der Waals surface area contributed by atoms with Gasteiger partial charge in [0.05, 0.1) is 19.9 Å². The Morgan fingerprint density at radius 2 is 1.94 bits per heavy atom. The minimum absolute atomic E-state index is 0.000357. The minimum atomic E-state index is 0.000357. The van der Waals surface area contributed by atoms with Crippen LogP contribution in [0.5, 0.6) is 11.5 Å². The number of benzene rings is 1. The van der Waals surface area contributed by atoms with E-state index in [1.54, 1.807) is 26.4 Å². The summed E-state index contributed by atoms with van der Waals surface area (Å²) in [6, 6.07) is 5.83. The van der Waals surface area contributed by atoms with Crippen LogP contribution < -0.4 is 9.47 Å². The van der Waals surface area contributed by atoms with Crippen LogP contribution in [0.4, 0.5) is 0 Å². The molecular formula is C24H33ClN4O3. The van der Waals surface area contributed by atoms with E-state index in [1.165, 1.54) is 0 Å². The number of carbonyl (C=O) groups is 1. The van der Waals surface area contributed by atoms with Gasteiger partial charge in [-0.3, -0.25) is 14.4 Å². The molecule has 1 aromatic carbocycles. The summed E-state index contributed by atoms with van der Waals surface area (Å²) in [6.45, 7) is 8.56. The number of aromatic nitrogens is 2. The minimum Gasteiger partial charge on any atom is -0.497 e. The highest BCUT2D eigenvalue weighted by atomic mass is 35.5. The van der Waals surface area contributed by atoms with Gasteiger partial charge in [-0.25, -0.2) is 0 Å². The van der Waals surface area contributed by atoms with Crippen molar-refractivity contribution < 1.29 is 14.3 Å². The maximum absolute atomic E-state index is 12.7. The van der Waals surface area contributed by atoms with Crippen LogP contribution in [0.1, 0.15) is 36.6 Å². The van der Waals surface area contributed by atoms with E-state index in [2.05, 4.69) is 16.9 Å². The first-order valence-corrected chi connectivity index (χ1v) is 11.5. The highest BCUT2D eigenvalue weighted by Gasteiger charge is 2.21. The third-order valence-corrected chi connectivity index (χ3v) is 6.19. The zero-order chi connectivity index (χ0) is 23.1. The normalized spacial score (nSPS) is 14.8. The lowest BCUT2D eigenvalue weighted by Crippen LogP contribution is -2.47. The molecule has 7 nitrogen and oxygen atoms in total. The quantitative estimate of drug-likeness (QED) is 0.529. The first kappa shape index (κ1) is 24.1. The number of ether oxygens (including phenoxy) is 2. The summed E-state index contributed by atoms with van der Waals surface area (Å²) in [7, 11) is 3.34. The lowest BCUT2D eigenvalue weighted by molar-refractivity contribution is -0.127. The Kier molecular flexibility index (Phi) is 8.59. The number of nitrogens with zero attached hydrogens (tertiary/aromatic N) is 4. The smallest absolute Gasteiger partial charge is 0.246 e. The van der Waals surface area contributed by atoms with Gasteiger partial charge in [0.25, 0.3) is 0 Å². The number of methoxy groups -OCH3 is 2. The predicted molar refractivity (Wildman–Crippen MR) is 127 cm³/mol. The first-order chi connectivity index (χ1) is 15.5. The van der Waals surface area contributed by atoms with Crippen LogP contribution >= 0.6 is 11.6 Å². The molecule has 2 heterocycles. The average molecular weight is 461 g/mol. The van der Waals surface area contributed by atoms with Crippen LogP contribution in [0.25, 0.3) is 6.08 Å². The van der Waals surface area contributed by atoms with Crippen molar-refractivity contribution in [2.75, 3.05) is 40.4 Å². The zero-order valence-corrected chi connectivity index (χ0v) is 20.2. The van der Waals surface area contributed by atoms with Gasteiger partial charge >= 0.3 is 0 Å². The van der Waals surface area contributed by atoms with Crippen molar-refractivity contribution in [1.82, 2.24) is 19.6 Å². The van der Waals surface area contributed by atoms with Gasteiger partial charge in [-0.1, -0.05) is 24.9 Å². The first-order valence-electron chi connectivity index (χ1n) is 11.1. The molecule has 0 bridgehead atoms. The van der Waals surface area contributed by atoms with Crippen LogP contribution in [0.15, 0.2) is 24.3 Å². The van der Waals surface area contributed by atoms with Gasteiger partial charge in [0.1, 0.15) is 16.7 Å². The van der Waals surface area contributed by atoms with E-state index in [1.807, 2.05) is 34.7 Å².